The molecule has 1 amide bonds. The van der Waals surface area contributed by atoms with Gasteiger partial charge >= 0.3 is 0 Å². The lowest BCUT2D eigenvalue weighted by Crippen LogP contribution is -2.35. The minimum atomic E-state index is 0.0672. The van der Waals surface area contributed by atoms with Crippen LogP contribution in [-0.2, 0) is 6.54 Å². The molecule has 2 aromatic heterocycles. The average molecular weight is 338 g/mol. The first kappa shape index (κ1) is 15.3. The molecule has 1 saturated heterocycles. The molecule has 0 N–H and O–H groups in total. The summed E-state index contributed by atoms with van der Waals surface area (Å²) in [5.41, 5.74) is 1.51. The Balaban J connectivity index is 1.60. The van der Waals surface area contributed by atoms with Crippen LogP contribution in [0.25, 0.3) is 0 Å². The zero-order valence-corrected chi connectivity index (χ0v) is 13.6. The molecule has 3 rings (SSSR count). The monoisotopic (exact) mass is 337 g/mol. The van der Waals surface area contributed by atoms with Gasteiger partial charge in [0.05, 0.1) is 0 Å². The predicted octanol–water partition coefficient (Wildman–Crippen LogP) is 1.93. The summed E-state index contributed by atoms with van der Waals surface area (Å²) in [5, 5.41) is 4.05. The maximum absolute atomic E-state index is 12.5. The van der Waals surface area contributed by atoms with Crippen molar-refractivity contribution in [1.29, 1.82) is 0 Å². The van der Waals surface area contributed by atoms with Gasteiger partial charge in [0.2, 0.25) is 0 Å². The molecule has 0 unspecified atom stereocenters. The van der Waals surface area contributed by atoms with Gasteiger partial charge < -0.3 is 4.90 Å². The summed E-state index contributed by atoms with van der Waals surface area (Å²) >= 11 is 7.26. The van der Waals surface area contributed by atoms with Crippen LogP contribution in [0.5, 0.6) is 0 Å². The van der Waals surface area contributed by atoms with Gasteiger partial charge in [-0.25, -0.2) is 0 Å². The molecule has 6 nitrogen and oxygen atoms in total. The predicted molar refractivity (Wildman–Crippen MR) is 85.0 cm³/mol. The lowest BCUT2D eigenvalue weighted by molar-refractivity contribution is 0.0761. The molecule has 0 radical (unpaired) electrons. The normalized spacial score (nSPS) is 16.5. The van der Waals surface area contributed by atoms with Crippen LogP contribution < -0.4 is 0 Å². The molecule has 1 aliphatic heterocycles. The van der Waals surface area contributed by atoms with E-state index in [9.17, 15) is 4.79 Å². The van der Waals surface area contributed by atoms with Crippen molar-refractivity contribution in [3.63, 3.8) is 0 Å². The zero-order chi connectivity index (χ0) is 15.4. The fourth-order valence-corrected chi connectivity index (χ4v) is 3.12. The van der Waals surface area contributed by atoms with Gasteiger partial charge in [-0.1, -0.05) is 16.1 Å². The topological polar surface area (TPSA) is 62.2 Å². The molecule has 1 fully saturated rings. The van der Waals surface area contributed by atoms with E-state index in [1.165, 1.54) is 11.5 Å². The van der Waals surface area contributed by atoms with Gasteiger partial charge in [0.1, 0.15) is 10.0 Å². The summed E-state index contributed by atoms with van der Waals surface area (Å²) < 4.78 is 4.50. The van der Waals surface area contributed by atoms with Crippen molar-refractivity contribution in [1.82, 2.24) is 24.4 Å². The van der Waals surface area contributed by atoms with E-state index in [-0.39, 0.29) is 5.91 Å². The first-order valence-electron chi connectivity index (χ1n) is 7.12. The fourth-order valence-electron chi connectivity index (χ4n) is 2.51. The Morgan fingerprint density at radius 1 is 1.23 bits per heavy atom. The second-order valence-corrected chi connectivity index (χ2v) is 6.51. The van der Waals surface area contributed by atoms with Crippen LogP contribution in [0.4, 0.5) is 0 Å². The van der Waals surface area contributed by atoms with E-state index in [2.05, 4.69) is 19.5 Å². The summed E-state index contributed by atoms with van der Waals surface area (Å²) in [6, 6.07) is 3.51. The molecular formula is C14H16ClN5OS. The van der Waals surface area contributed by atoms with Gasteiger partial charge in [0.25, 0.3) is 5.91 Å². The molecule has 2 aromatic rings. The van der Waals surface area contributed by atoms with Gasteiger partial charge in [-0.3, -0.25) is 14.7 Å². The van der Waals surface area contributed by atoms with Crippen molar-refractivity contribution < 1.29 is 4.79 Å². The summed E-state index contributed by atoms with van der Waals surface area (Å²) in [5.74, 6) is 0.0672. The van der Waals surface area contributed by atoms with Gasteiger partial charge in [-0.15, -0.1) is 5.10 Å². The number of carbonyl (C=O) groups is 1. The van der Waals surface area contributed by atoms with E-state index < -0.39 is 0 Å². The third-order valence-electron chi connectivity index (χ3n) is 3.69. The molecule has 0 bridgehead atoms. The Morgan fingerprint density at radius 3 is 2.77 bits per heavy atom. The van der Waals surface area contributed by atoms with Crippen LogP contribution in [0.1, 0.15) is 22.5 Å². The number of pyridine rings is 1. The lowest BCUT2D eigenvalue weighted by atomic mass is 10.2. The molecule has 22 heavy (non-hydrogen) atoms. The van der Waals surface area contributed by atoms with E-state index >= 15 is 0 Å². The average Bonchev–Trinajstić information content (AvgIpc) is 2.81. The highest BCUT2D eigenvalue weighted by atomic mass is 35.5. The highest BCUT2D eigenvalue weighted by Crippen LogP contribution is 2.19. The summed E-state index contributed by atoms with van der Waals surface area (Å²) in [6.45, 7) is 3.89. The number of hydrogen-bond donors (Lipinski definition) is 0. The Labute approximate surface area is 137 Å². The van der Waals surface area contributed by atoms with Gasteiger partial charge in [0, 0.05) is 62.2 Å². The highest BCUT2D eigenvalue weighted by Gasteiger charge is 2.21. The minimum Gasteiger partial charge on any atom is -0.337 e. The summed E-state index contributed by atoms with van der Waals surface area (Å²) in [6.07, 6.45) is 4.23. The van der Waals surface area contributed by atoms with Crippen molar-refractivity contribution in [2.75, 3.05) is 26.2 Å². The van der Waals surface area contributed by atoms with Crippen molar-refractivity contribution >= 4 is 29.0 Å². The number of hydrogen-bond acceptors (Lipinski definition) is 6. The number of aromatic nitrogens is 3. The van der Waals surface area contributed by atoms with Crippen molar-refractivity contribution in [2.24, 2.45) is 0 Å². The molecule has 0 atom stereocenters. The SMILES string of the molecule is O=C(c1ccncc1)N1CCCN(Cc2nnsc2Cl)CC1. The van der Waals surface area contributed by atoms with E-state index in [1.54, 1.807) is 24.5 Å². The second kappa shape index (κ2) is 7.13. The minimum absolute atomic E-state index is 0.0672. The Morgan fingerprint density at radius 2 is 2.05 bits per heavy atom. The van der Waals surface area contributed by atoms with Gasteiger partial charge in [0.15, 0.2) is 0 Å². The van der Waals surface area contributed by atoms with Crippen LogP contribution in [-0.4, -0.2) is 56.5 Å². The number of halogens is 1. The smallest absolute Gasteiger partial charge is 0.254 e. The third kappa shape index (κ3) is 3.60. The maximum atomic E-state index is 12.5. The lowest BCUT2D eigenvalue weighted by Gasteiger charge is -2.21. The molecule has 0 aromatic carbocycles. The van der Waals surface area contributed by atoms with E-state index in [0.29, 0.717) is 23.0 Å². The van der Waals surface area contributed by atoms with Crippen LogP contribution >= 0.6 is 23.1 Å². The third-order valence-corrected chi connectivity index (χ3v) is 4.67. The highest BCUT2D eigenvalue weighted by molar-refractivity contribution is 7.10. The van der Waals surface area contributed by atoms with Gasteiger partial charge in [-0.2, -0.15) is 0 Å². The Bertz CT molecular complexity index is 635. The van der Waals surface area contributed by atoms with Gasteiger partial charge in [-0.05, 0) is 18.6 Å². The van der Waals surface area contributed by atoms with Crippen molar-refractivity contribution in [2.45, 2.75) is 13.0 Å². The van der Waals surface area contributed by atoms with E-state index in [0.717, 1.165) is 31.7 Å². The fraction of sp³-hybridized carbons (Fsp3) is 0.429. The number of carbonyl (C=O) groups excluding carboxylic acids is 1. The number of amides is 1. The maximum Gasteiger partial charge on any atom is 0.254 e. The largest absolute Gasteiger partial charge is 0.337 e. The summed E-state index contributed by atoms with van der Waals surface area (Å²) in [7, 11) is 0. The summed E-state index contributed by atoms with van der Waals surface area (Å²) in [4.78, 5) is 20.6. The number of nitrogens with zero attached hydrogens (tertiary/aromatic N) is 5. The number of rotatable bonds is 3. The van der Waals surface area contributed by atoms with E-state index in [1.807, 2.05) is 4.90 Å². The van der Waals surface area contributed by atoms with E-state index in [4.69, 9.17) is 11.6 Å². The van der Waals surface area contributed by atoms with Crippen LogP contribution in [0.15, 0.2) is 24.5 Å². The first-order chi connectivity index (χ1) is 10.7. The van der Waals surface area contributed by atoms with Crippen LogP contribution in [0.3, 0.4) is 0 Å². The molecule has 8 heteroatoms. The second-order valence-electron chi connectivity index (χ2n) is 5.15. The molecule has 0 spiro atoms. The van der Waals surface area contributed by atoms with Crippen molar-refractivity contribution in [3.05, 3.63) is 40.1 Å². The standard InChI is InChI=1S/C14H16ClN5OS/c15-13-12(17-18-22-13)10-19-6-1-7-20(9-8-19)14(21)11-2-4-16-5-3-11/h2-5H,1,6-10H2. The Kier molecular flexibility index (Phi) is 4.97. The van der Waals surface area contributed by atoms with Crippen LogP contribution in [0, 0.1) is 0 Å². The molecule has 0 saturated carbocycles. The molecule has 0 aliphatic carbocycles. The molecule has 116 valence electrons. The van der Waals surface area contributed by atoms with Crippen molar-refractivity contribution in [3.8, 4) is 0 Å². The zero-order valence-electron chi connectivity index (χ0n) is 12.0. The molecular weight excluding hydrogens is 322 g/mol. The molecule has 1 aliphatic rings. The quantitative estimate of drug-likeness (QED) is 0.856. The molecule has 3 heterocycles. The van der Waals surface area contributed by atoms with Crippen LogP contribution in [0.2, 0.25) is 4.34 Å². The Hall–Kier alpha value is -1.57. The first-order valence-corrected chi connectivity index (χ1v) is 8.27.